The monoisotopic (exact) mass is 225 g/mol. The molecule has 92 valence electrons. The Morgan fingerprint density at radius 2 is 2.00 bits per heavy atom. The van der Waals surface area contributed by atoms with Crippen molar-refractivity contribution < 1.29 is 4.79 Å². The van der Waals surface area contributed by atoms with Gasteiger partial charge in [-0.15, -0.1) is 0 Å². The lowest BCUT2D eigenvalue weighted by Gasteiger charge is -2.41. The van der Waals surface area contributed by atoms with Crippen LogP contribution in [-0.4, -0.2) is 49.6 Å². The van der Waals surface area contributed by atoms with Gasteiger partial charge in [0.25, 0.3) is 0 Å². The highest BCUT2D eigenvalue weighted by atomic mass is 16.2. The minimum absolute atomic E-state index is 0.169. The Morgan fingerprint density at radius 1 is 1.38 bits per heavy atom. The molecule has 2 heterocycles. The van der Waals surface area contributed by atoms with Crippen LogP contribution in [0, 0.1) is 11.8 Å². The number of piperidine rings is 2. The van der Waals surface area contributed by atoms with E-state index in [9.17, 15) is 4.79 Å². The molecular weight excluding hydrogens is 202 g/mol. The van der Waals surface area contributed by atoms with Gasteiger partial charge in [0.15, 0.2) is 0 Å². The molecule has 0 aromatic rings. The molecule has 16 heavy (non-hydrogen) atoms. The van der Waals surface area contributed by atoms with Gasteiger partial charge in [0.1, 0.15) is 0 Å². The summed E-state index contributed by atoms with van der Waals surface area (Å²) in [6.07, 6.45) is 1.34. The highest BCUT2D eigenvalue weighted by molar-refractivity contribution is 5.78. The van der Waals surface area contributed by atoms with Gasteiger partial charge in [0.2, 0.25) is 5.91 Å². The van der Waals surface area contributed by atoms with E-state index in [1.54, 1.807) is 0 Å². The molecule has 2 rings (SSSR count). The van der Waals surface area contributed by atoms with Gasteiger partial charge in [0.05, 0.1) is 6.54 Å². The summed E-state index contributed by atoms with van der Waals surface area (Å²) in [6.45, 7) is 8.99. The first-order valence-corrected chi connectivity index (χ1v) is 6.36. The van der Waals surface area contributed by atoms with Crippen molar-refractivity contribution in [1.82, 2.24) is 15.5 Å². The molecule has 2 unspecified atom stereocenters. The van der Waals surface area contributed by atoms with Crippen LogP contribution >= 0.6 is 0 Å². The molecular formula is C12H23N3O. The Kier molecular flexibility index (Phi) is 3.82. The van der Waals surface area contributed by atoms with E-state index in [1.807, 2.05) is 13.8 Å². The van der Waals surface area contributed by atoms with Gasteiger partial charge < -0.3 is 10.6 Å². The van der Waals surface area contributed by atoms with Gasteiger partial charge in [0, 0.05) is 19.1 Å². The van der Waals surface area contributed by atoms with E-state index in [1.165, 1.54) is 6.42 Å². The summed E-state index contributed by atoms with van der Waals surface area (Å²) >= 11 is 0. The molecule has 2 aliphatic heterocycles. The first-order chi connectivity index (χ1) is 7.63. The summed E-state index contributed by atoms with van der Waals surface area (Å²) < 4.78 is 0. The van der Waals surface area contributed by atoms with Crippen LogP contribution < -0.4 is 10.6 Å². The van der Waals surface area contributed by atoms with Crippen molar-refractivity contribution in [3.63, 3.8) is 0 Å². The summed E-state index contributed by atoms with van der Waals surface area (Å²) in [5.74, 6) is 1.67. The fourth-order valence-corrected chi connectivity index (χ4v) is 2.91. The highest BCUT2D eigenvalue weighted by Gasteiger charge is 2.30. The second-order valence-corrected chi connectivity index (χ2v) is 5.54. The zero-order chi connectivity index (χ0) is 11.5. The molecule has 0 saturated carbocycles. The maximum Gasteiger partial charge on any atom is 0.234 e. The first-order valence-electron chi connectivity index (χ1n) is 6.36. The van der Waals surface area contributed by atoms with Crippen molar-refractivity contribution >= 4 is 5.91 Å². The van der Waals surface area contributed by atoms with Gasteiger partial charge in [-0.05, 0) is 45.2 Å². The topological polar surface area (TPSA) is 44.4 Å². The van der Waals surface area contributed by atoms with Gasteiger partial charge in [-0.1, -0.05) is 0 Å². The van der Waals surface area contributed by atoms with Crippen LogP contribution in [0.1, 0.15) is 20.3 Å². The average molecular weight is 225 g/mol. The Balaban J connectivity index is 1.79. The standard InChI is InChI=1S/C12H23N3O/c1-9(2)14-12(16)8-15-6-10-3-11(7-15)5-13-4-10/h9-11,13H,3-8H2,1-2H3,(H,14,16). The normalized spacial score (nSPS) is 30.4. The molecule has 4 nitrogen and oxygen atoms in total. The average Bonchev–Trinajstić information content (AvgIpc) is 2.15. The van der Waals surface area contributed by atoms with Crippen LogP contribution in [0.4, 0.5) is 0 Å². The minimum Gasteiger partial charge on any atom is -0.353 e. The minimum atomic E-state index is 0.169. The summed E-state index contributed by atoms with van der Waals surface area (Å²) in [5.41, 5.74) is 0. The van der Waals surface area contributed by atoms with Crippen LogP contribution in [0.3, 0.4) is 0 Å². The van der Waals surface area contributed by atoms with Gasteiger partial charge in [-0.2, -0.15) is 0 Å². The third-order valence-corrected chi connectivity index (χ3v) is 3.38. The van der Waals surface area contributed by atoms with Crippen LogP contribution in [-0.2, 0) is 4.79 Å². The zero-order valence-corrected chi connectivity index (χ0v) is 10.3. The van der Waals surface area contributed by atoms with Crippen molar-refractivity contribution in [2.45, 2.75) is 26.3 Å². The lowest BCUT2D eigenvalue weighted by atomic mass is 9.86. The fourth-order valence-electron chi connectivity index (χ4n) is 2.91. The molecule has 2 fully saturated rings. The number of fused-ring (bicyclic) bond motifs is 2. The molecule has 2 aliphatic rings. The number of nitrogens with one attached hydrogen (secondary N) is 2. The zero-order valence-electron chi connectivity index (χ0n) is 10.3. The molecule has 0 aliphatic carbocycles. The van der Waals surface area contributed by atoms with Crippen LogP contribution in [0.2, 0.25) is 0 Å². The number of rotatable bonds is 3. The van der Waals surface area contributed by atoms with E-state index in [4.69, 9.17) is 0 Å². The van der Waals surface area contributed by atoms with Crippen molar-refractivity contribution in [3.05, 3.63) is 0 Å². The molecule has 2 saturated heterocycles. The van der Waals surface area contributed by atoms with Crippen molar-refractivity contribution in [3.8, 4) is 0 Å². The van der Waals surface area contributed by atoms with E-state index in [0.717, 1.165) is 38.0 Å². The highest BCUT2D eigenvalue weighted by Crippen LogP contribution is 2.23. The molecule has 1 amide bonds. The number of likely N-dealkylation sites (tertiary alicyclic amines) is 1. The molecule has 2 atom stereocenters. The van der Waals surface area contributed by atoms with Crippen LogP contribution in [0.5, 0.6) is 0 Å². The summed E-state index contributed by atoms with van der Waals surface area (Å²) in [4.78, 5) is 14.0. The van der Waals surface area contributed by atoms with E-state index in [0.29, 0.717) is 6.54 Å². The van der Waals surface area contributed by atoms with Crippen LogP contribution in [0.15, 0.2) is 0 Å². The SMILES string of the molecule is CC(C)NC(=O)CN1CC2CNCC(C2)C1. The smallest absolute Gasteiger partial charge is 0.234 e. The first kappa shape index (κ1) is 11.9. The molecule has 0 spiro atoms. The molecule has 0 aromatic carbocycles. The fraction of sp³-hybridized carbons (Fsp3) is 0.917. The molecule has 2 N–H and O–H groups in total. The third kappa shape index (κ3) is 3.19. The maximum absolute atomic E-state index is 11.7. The molecule has 2 bridgehead atoms. The molecule has 4 heteroatoms. The number of amides is 1. The summed E-state index contributed by atoms with van der Waals surface area (Å²) in [5, 5.41) is 6.43. The predicted molar refractivity (Wildman–Crippen MR) is 64.2 cm³/mol. The number of hydrogen-bond acceptors (Lipinski definition) is 3. The van der Waals surface area contributed by atoms with Crippen LogP contribution in [0.25, 0.3) is 0 Å². The van der Waals surface area contributed by atoms with E-state index < -0.39 is 0 Å². The summed E-state index contributed by atoms with van der Waals surface area (Å²) in [7, 11) is 0. The molecule has 0 aromatic heterocycles. The Morgan fingerprint density at radius 3 is 2.56 bits per heavy atom. The number of carbonyl (C=O) groups excluding carboxylic acids is 1. The lowest BCUT2D eigenvalue weighted by Crippen LogP contribution is -2.53. The number of hydrogen-bond donors (Lipinski definition) is 2. The number of nitrogens with zero attached hydrogens (tertiary/aromatic N) is 1. The van der Waals surface area contributed by atoms with Gasteiger partial charge >= 0.3 is 0 Å². The van der Waals surface area contributed by atoms with Crippen molar-refractivity contribution in [1.29, 1.82) is 0 Å². The maximum atomic E-state index is 11.7. The predicted octanol–water partition coefficient (Wildman–Crippen LogP) is 0.0523. The van der Waals surface area contributed by atoms with Crippen molar-refractivity contribution in [2.75, 3.05) is 32.7 Å². The van der Waals surface area contributed by atoms with E-state index in [-0.39, 0.29) is 11.9 Å². The van der Waals surface area contributed by atoms with E-state index in [2.05, 4.69) is 15.5 Å². The third-order valence-electron chi connectivity index (χ3n) is 3.38. The largest absolute Gasteiger partial charge is 0.353 e. The lowest BCUT2D eigenvalue weighted by molar-refractivity contribution is -0.123. The number of carbonyl (C=O) groups is 1. The Bertz CT molecular complexity index is 243. The summed E-state index contributed by atoms with van der Waals surface area (Å²) in [6, 6.07) is 0.249. The Hall–Kier alpha value is -0.610. The second-order valence-electron chi connectivity index (χ2n) is 5.54. The Labute approximate surface area is 97.8 Å². The van der Waals surface area contributed by atoms with Crippen molar-refractivity contribution in [2.24, 2.45) is 11.8 Å². The molecule has 0 radical (unpaired) electrons. The van der Waals surface area contributed by atoms with E-state index >= 15 is 0 Å². The van der Waals surface area contributed by atoms with Gasteiger partial charge in [-0.25, -0.2) is 0 Å². The van der Waals surface area contributed by atoms with Gasteiger partial charge in [-0.3, -0.25) is 9.69 Å². The quantitative estimate of drug-likeness (QED) is 0.713. The second kappa shape index (κ2) is 5.15.